The van der Waals surface area contributed by atoms with E-state index in [2.05, 4.69) is 33.8 Å². The van der Waals surface area contributed by atoms with E-state index in [-0.39, 0.29) is 0 Å². The van der Waals surface area contributed by atoms with Crippen LogP contribution in [0.15, 0.2) is 37.4 Å². The third-order valence-corrected chi connectivity index (χ3v) is 0.812. The Morgan fingerprint density at radius 1 is 0.923 bits per heavy atom. The monoisotopic (exact) mass is 180 g/mol. The second kappa shape index (κ2) is 10.4. The molecule has 0 aliphatic heterocycles. The Kier molecular flexibility index (Phi) is 9.15. The fourth-order valence-corrected chi connectivity index (χ4v) is 0.430. The summed E-state index contributed by atoms with van der Waals surface area (Å²) >= 11 is 0. The molecule has 0 saturated carbocycles. The number of aromatic amines is 2. The molecule has 0 aromatic carbocycles. The Morgan fingerprint density at radius 2 is 1.31 bits per heavy atom. The lowest BCUT2D eigenvalue weighted by Gasteiger charge is -1.48. The second-order valence-corrected chi connectivity index (χ2v) is 2.23. The zero-order chi connectivity index (χ0) is 9.78. The largest absolute Gasteiger partial charge is 0.351 e. The van der Waals surface area contributed by atoms with Crippen LogP contribution in [0.3, 0.4) is 0 Å². The van der Waals surface area contributed by atoms with Crippen LogP contribution in [0, 0.1) is 0 Å². The lowest BCUT2D eigenvalue weighted by molar-refractivity contribution is 1.09. The van der Waals surface area contributed by atoms with Gasteiger partial charge in [0.25, 0.3) is 0 Å². The quantitative estimate of drug-likeness (QED) is 0.653. The molecule has 0 spiro atoms. The molecule has 72 valence electrons. The molecule has 4 heteroatoms. The number of hydrogen-bond acceptors (Lipinski definition) is 2. The van der Waals surface area contributed by atoms with Crippen molar-refractivity contribution < 1.29 is 0 Å². The van der Waals surface area contributed by atoms with E-state index in [9.17, 15) is 0 Å². The van der Waals surface area contributed by atoms with Gasteiger partial charge in [0.15, 0.2) is 0 Å². The Bertz CT molecular complexity index is 163. The van der Waals surface area contributed by atoms with Crippen LogP contribution in [0.25, 0.3) is 0 Å². The Balaban J connectivity index is 0.000000174. The summed E-state index contributed by atoms with van der Waals surface area (Å²) in [5.74, 6) is 0. The van der Waals surface area contributed by atoms with E-state index in [1.807, 2.05) is 0 Å². The fourth-order valence-electron chi connectivity index (χ4n) is 0.430. The number of nitrogens with zero attached hydrogens (tertiary/aromatic N) is 2. The molecule has 13 heavy (non-hydrogen) atoms. The number of hydrogen-bond donors (Lipinski definition) is 2. The van der Waals surface area contributed by atoms with Gasteiger partial charge in [-0.25, -0.2) is 9.97 Å². The van der Waals surface area contributed by atoms with Crippen LogP contribution in [0.4, 0.5) is 0 Å². The molecule has 0 aliphatic carbocycles. The lowest BCUT2D eigenvalue weighted by atomic mass is 10.6. The summed E-state index contributed by atoms with van der Waals surface area (Å²) in [5.41, 5.74) is 0. The van der Waals surface area contributed by atoms with Gasteiger partial charge in [-0.05, 0) is 0 Å². The predicted octanol–water partition coefficient (Wildman–Crippen LogP) is 2.24. The molecule has 0 unspecified atom stereocenters. The molecule has 0 fully saturated rings. The van der Waals surface area contributed by atoms with Gasteiger partial charge < -0.3 is 9.97 Å². The van der Waals surface area contributed by atoms with Crippen molar-refractivity contribution in [2.75, 3.05) is 0 Å². The van der Waals surface area contributed by atoms with Gasteiger partial charge in [-0.2, -0.15) is 0 Å². The first-order valence-corrected chi connectivity index (χ1v) is 4.27. The number of rotatable bonds is 0. The van der Waals surface area contributed by atoms with Gasteiger partial charge in [0.05, 0.1) is 12.7 Å². The van der Waals surface area contributed by atoms with Crippen molar-refractivity contribution in [3.05, 3.63) is 37.4 Å². The van der Waals surface area contributed by atoms with E-state index in [1.165, 1.54) is 6.42 Å². The summed E-state index contributed by atoms with van der Waals surface area (Å²) in [7, 11) is 0. The molecule has 4 nitrogen and oxygen atoms in total. The maximum Gasteiger partial charge on any atom is 0.0919 e. The van der Waals surface area contributed by atoms with E-state index in [1.54, 1.807) is 37.4 Å². The topological polar surface area (TPSA) is 57.4 Å². The van der Waals surface area contributed by atoms with Gasteiger partial charge >= 0.3 is 0 Å². The fraction of sp³-hybridized carbons (Fsp3) is 0.333. The normalized spacial score (nSPS) is 7.54. The zero-order valence-electron chi connectivity index (χ0n) is 8.07. The highest BCUT2D eigenvalue weighted by Crippen LogP contribution is 1.63. The maximum absolute atomic E-state index is 3.67. The smallest absolute Gasteiger partial charge is 0.0919 e. The molecule has 2 heterocycles. The minimum atomic E-state index is 1.25. The van der Waals surface area contributed by atoms with Gasteiger partial charge in [0, 0.05) is 24.8 Å². The number of imidazole rings is 2. The Morgan fingerprint density at radius 3 is 1.38 bits per heavy atom. The summed E-state index contributed by atoms with van der Waals surface area (Å²) < 4.78 is 0. The van der Waals surface area contributed by atoms with Crippen molar-refractivity contribution >= 4 is 0 Å². The van der Waals surface area contributed by atoms with E-state index in [0.29, 0.717) is 0 Å². The Hall–Kier alpha value is -1.58. The van der Waals surface area contributed by atoms with E-state index in [0.717, 1.165) is 0 Å². The molecule has 2 N–H and O–H groups in total. The van der Waals surface area contributed by atoms with E-state index < -0.39 is 0 Å². The summed E-state index contributed by atoms with van der Waals surface area (Å²) in [5, 5.41) is 0. The van der Waals surface area contributed by atoms with Crippen LogP contribution >= 0.6 is 0 Å². The number of nitrogens with one attached hydrogen (secondary N) is 2. The highest BCUT2D eigenvalue weighted by molar-refractivity contribution is 4.65. The molecule has 0 radical (unpaired) electrons. The standard InChI is InChI=1S/2C3H4N2.C3H8/c2*1-2-5-3-4-1;1-3-2/h2*1-3H,(H,4,5);3H2,1-2H3. The SMILES string of the molecule is CCC.c1c[nH]cn1.c1c[nH]cn1. The minimum absolute atomic E-state index is 1.25. The molecule has 2 aromatic rings. The lowest BCUT2D eigenvalue weighted by Crippen LogP contribution is -1.44. The van der Waals surface area contributed by atoms with Crippen molar-refractivity contribution in [3.8, 4) is 0 Å². The van der Waals surface area contributed by atoms with Crippen molar-refractivity contribution in [3.63, 3.8) is 0 Å². The first-order valence-electron chi connectivity index (χ1n) is 4.27. The molecule has 0 saturated heterocycles. The average Bonchev–Trinajstić information content (AvgIpc) is 2.85. The van der Waals surface area contributed by atoms with Crippen LogP contribution in [0.1, 0.15) is 20.3 Å². The molecule has 2 rings (SSSR count). The molecular formula is C9H16N4. The van der Waals surface area contributed by atoms with Crippen molar-refractivity contribution in [2.24, 2.45) is 0 Å². The number of H-pyrrole nitrogens is 2. The molecule has 0 aliphatic rings. The average molecular weight is 180 g/mol. The third kappa shape index (κ3) is 10.4. The van der Waals surface area contributed by atoms with Crippen LogP contribution in [0.5, 0.6) is 0 Å². The number of aromatic nitrogens is 4. The van der Waals surface area contributed by atoms with Crippen LogP contribution in [0.2, 0.25) is 0 Å². The summed E-state index contributed by atoms with van der Waals surface area (Å²) in [4.78, 5) is 12.8. The first kappa shape index (κ1) is 11.4. The molecule has 0 bridgehead atoms. The van der Waals surface area contributed by atoms with Crippen LogP contribution in [-0.2, 0) is 0 Å². The van der Waals surface area contributed by atoms with Gasteiger partial charge in [-0.15, -0.1) is 0 Å². The van der Waals surface area contributed by atoms with Crippen molar-refractivity contribution in [1.29, 1.82) is 0 Å². The predicted molar refractivity (Wildman–Crippen MR) is 53.1 cm³/mol. The highest BCUT2D eigenvalue weighted by Gasteiger charge is 1.56. The van der Waals surface area contributed by atoms with E-state index in [4.69, 9.17) is 0 Å². The molecule has 2 aromatic heterocycles. The molecule has 0 atom stereocenters. The highest BCUT2D eigenvalue weighted by atomic mass is 14.8. The maximum atomic E-state index is 3.67. The molecular weight excluding hydrogens is 164 g/mol. The molecule has 0 amide bonds. The van der Waals surface area contributed by atoms with Gasteiger partial charge in [0.1, 0.15) is 0 Å². The minimum Gasteiger partial charge on any atom is -0.351 e. The first-order chi connectivity index (χ1) is 6.41. The van der Waals surface area contributed by atoms with Crippen LogP contribution < -0.4 is 0 Å². The van der Waals surface area contributed by atoms with Crippen LogP contribution in [-0.4, -0.2) is 19.9 Å². The summed E-state index contributed by atoms with van der Waals surface area (Å²) in [6, 6.07) is 0. The van der Waals surface area contributed by atoms with Crippen molar-refractivity contribution in [1.82, 2.24) is 19.9 Å². The third-order valence-electron chi connectivity index (χ3n) is 0.812. The second-order valence-electron chi connectivity index (χ2n) is 2.23. The zero-order valence-corrected chi connectivity index (χ0v) is 8.07. The summed E-state index contributed by atoms with van der Waals surface area (Å²) in [6.07, 6.45) is 11.4. The van der Waals surface area contributed by atoms with Gasteiger partial charge in [-0.1, -0.05) is 20.3 Å². The van der Waals surface area contributed by atoms with Crippen molar-refractivity contribution in [2.45, 2.75) is 20.3 Å². The van der Waals surface area contributed by atoms with Gasteiger partial charge in [0.2, 0.25) is 0 Å². The van der Waals surface area contributed by atoms with E-state index >= 15 is 0 Å². The van der Waals surface area contributed by atoms with Gasteiger partial charge in [-0.3, -0.25) is 0 Å². The Labute approximate surface area is 78.5 Å². The summed E-state index contributed by atoms with van der Waals surface area (Å²) in [6.45, 7) is 4.25.